The Morgan fingerprint density at radius 3 is 2.82 bits per heavy atom. The summed E-state index contributed by atoms with van der Waals surface area (Å²) in [6.07, 6.45) is -1.09. The molecule has 1 aromatic heterocycles. The summed E-state index contributed by atoms with van der Waals surface area (Å²) in [7, 11) is 1.89. The molecule has 0 unspecified atom stereocenters. The van der Waals surface area contributed by atoms with Crippen LogP contribution in [0.4, 0.5) is 4.79 Å². The van der Waals surface area contributed by atoms with Gasteiger partial charge in [-0.15, -0.1) is 0 Å². The van der Waals surface area contributed by atoms with Gasteiger partial charge in [-0.3, -0.25) is 4.79 Å². The number of β-amino-alcohol motifs (C(OH)–C–C–N with tert-alkyl or cyclic N) is 1. The van der Waals surface area contributed by atoms with E-state index >= 15 is 0 Å². The van der Waals surface area contributed by atoms with Gasteiger partial charge in [-0.1, -0.05) is 23.7 Å². The number of nitrogens with two attached hydrogens (primary N) is 1. The van der Waals surface area contributed by atoms with E-state index < -0.39 is 29.3 Å². The van der Waals surface area contributed by atoms with Gasteiger partial charge in [0.1, 0.15) is 28.2 Å². The summed E-state index contributed by atoms with van der Waals surface area (Å²) in [6.45, 7) is 1.45. The Labute approximate surface area is 200 Å². The first-order valence-electron chi connectivity index (χ1n) is 10.9. The molecule has 180 valence electrons. The Hall–Kier alpha value is -3.11. The number of rotatable bonds is 5. The first-order chi connectivity index (χ1) is 16.3. The number of aromatic hydroxyl groups is 1. The number of ether oxygens (including phenoxy) is 1. The zero-order valence-electron chi connectivity index (χ0n) is 18.6. The number of hydrogen-bond donors (Lipinski definition) is 4. The number of hydrogen-bond acceptors (Lipinski definition) is 8. The number of carbonyl (C=O) groups is 1. The number of likely N-dealkylation sites (N-methyl/N-ethyl adjacent to an activating group) is 1. The Kier molecular flexibility index (Phi) is 7.08. The van der Waals surface area contributed by atoms with E-state index in [0.717, 1.165) is 0 Å². The molecule has 1 amide bonds. The van der Waals surface area contributed by atoms with Crippen LogP contribution in [0.15, 0.2) is 45.6 Å². The van der Waals surface area contributed by atoms with Crippen LogP contribution >= 0.6 is 11.6 Å². The number of phenols is 1. The molecule has 0 radical (unpaired) electrons. The molecule has 0 aliphatic carbocycles. The van der Waals surface area contributed by atoms with Crippen LogP contribution in [0, 0.1) is 0 Å². The number of halogens is 1. The molecule has 1 fully saturated rings. The Bertz CT molecular complexity index is 1280. The van der Waals surface area contributed by atoms with Crippen LogP contribution in [0.3, 0.4) is 0 Å². The van der Waals surface area contributed by atoms with Crippen molar-refractivity contribution < 1.29 is 24.2 Å². The van der Waals surface area contributed by atoms with Gasteiger partial charge in [-0.05, 0) is 32.1 Å². The standard InChI is InChI=1S/C24H26ClN3O6/c1-28-9-6-14(18(31)12-28)21-20(34-24(32)27-8-7-26)11-17(30)22-16(29)10-19(33-23(21)22)13-4-2-3-5-15(13)25/h2-5,10-11,14,18,30-31H,6-9,12,26H2,1H3,(H,27,32)/t14-,18+/m0/s1. The molecular formula is C24H26ClN3O6. The van der Waals surface area contributed by atoms with Crippen LogP contribution in [0.1, 0.15) is 17.9 Å². The summed E-state index contributed by atoms with van der Waals surface area (Å²) in [5, 5.41) is 24.4. The first kappa shape index (κ1) is 24.0. The summed E-state index contributed by atoms with van der Waals surface area (Å²) in [5.41, 5.74) is 5.81. The van der Waals surface area contributed by atoms with Crippen LogP contribution in [-0.2, 0) is 0 Å². The van der Waals surface area contributed by atoms with Gasteiger partial charge in [0.05, 0.1) is 11.1 Å². The van der Waals surface area contributed by atoms with Gasteiger partial charge in [0, 0.05) is 48.8 Å². The number of aliphatic hydroxyl groups is 1. The number of nitrogens with zero attached hydrogens (tertiary/aromatic N) is 1. The molecule has 0 bridgehead atoms. The Balaban J connectivity index is 1.96. The minimum atomic E-state index is -0.824. The number of amides is 1. The molecule has 1 saturated heterocycles. The highest BCUT2D eigenvalue weighted by Gasteiger charge is 2.34. The van der Waals surface area contributed by atoms with E-state index in [2.05, 4.69) is 5.32 Å². The van der Waals surface area contributed by atoms with Crippen molar-refractivity contribution in [2.24, 2.45) is 5.73 Å². The third-order valence-corrected chi connectivity index (χ3v) is 6.22. The van der Waals surface area contributed by atoms with E-state index in [0.29, 0.717) is 35.7 Å². The van der Waals surface area contributed by atoms with E-state index in [1.165, 1.54) is 12.1 Å². The van der Waals surface area contributed by atoms with Crippen LogP contribution in [0.25, 0.3) is 22.3 Å². The van der Waals surface area contributed by atoms with Gasteiger partial charge in [0.25, 0.3) is 0 Å². The van der Waals surface area contributed by atoms with E-state index in [4.69, 9.17) is 26.5 Å². The minimum Gasteiger partial charge on any atom is -0.507 e. The first-order valence-corrected chi connectivity index (χ1v) is 11.3. The fraction of sp³-hybridized carbons (Fsp3) is 0.333. The molecule has 9 nitrogen and oxygen atoms in total. The average molecular weight is 488 g/mol. The van der Waals surface area contributed by atoms with Gasteiger partial charge < -0.3 is 35.3 Å². The quantitative estimate of drug-likeness (QED) is 0.431. The highest BCUT2D eigenvalue weighted by molar-refractivity contribution is 6.33. The minimum absolute atomic E-state index is 0.00687. The molecule has 3 aromatic rings. The average Bonchev–Trinajstić information content (AvgIpc) is 2.78. The number of phenolic OH excluding ortho intramolecular Hbond substituents is 1. The lowest BCUT2D eigenvalue weighted by Gasteiger charge is -2.34. The molecule has 1 aliphatic rings. The lowest BCUT2D eigenvalue weighted by Crippen LogP contribution is -2.41. The van der Waals surface area contributed by atoms with Crippen LogP contribution in [0.2, 0.25) is 5.02 Å². The number of carbonyl (C=O) groups excluding carboxylic acids is 1. The van der Waals surface area contributed by atoms with Crippen molar-refractivity contribution >= 4 is 28.7 Å². The zero-order chi connectivity index (χ0) is 24.4. The van der Waals surface area contributed by atoms with E-state index in [1.807, 2.05) is 11.9 Å². The maximum atomic E-state index is 13.1. The fourth-order valence-electron chi connectivity index (χ4n) is 4.28. The summed E-state index contributed by atoms with van der Waals surface area (Å²) in [4.78, 5) is 27.4. The molecule has 34 heavy (non-hydrogen) atoms. The molecule has 2 atom stereocenters. The normalized spacial score (nSPS) is 18.7. The Morgan fingerprint density at radius 2 is 2.12 bits per heavy atom. The number of nitrogens with one attached hydrogen (secondary N) is 1. The summed E-state index contributed by atoms with van der Waals surface area (Å²) in [5.74, 6) is -0.730. The van der Waals surface area contributed by atoms with Gasteiger partial charge in [0.2, 0.25) is 0 Å². The lowest BCUT2D eigenvalue weighted by atomic mass is 9.85. The molecule has 5 N–H and O–H groups in total. The van der Waals surface area contributed by atoms with Crippen LogP contribution < -0.4 is 21.2 Å². The lowest BCUT2D eigenvalue weighted by molar-refractivity contribution is 0.0630. The van der Waals surface area contributed by atoms with Crippen molar-refractivity contribution in [3.63, 3.8) is 0 Å². The van der Waals surface area contributed by atoms with Gasteiger partial charge in [0.15, 0.2) is 5.43 Å². The predicted molar refractivity (Wildman–Crippen MR) is 129 cm³/mol. The largest absolute Gasteiger partial charge is 0.507 e. The van der Waals surface area contributed by atoms with E-state index in [9.17, 15) is 19.8 Å². The van der Waals surface area contributed by atoms with Gasteiger partial charge in [-0.25, -0.2) is 4.79 Å². The number of fused-ring (bicyclic) bond motifs is 1. The molecule has 0 saturated carbocycles. The van der Waals surface area contributed by atoms with E-state index in [1.54, 1.807) is 24.3 Å². The van der Waals surface area contributed by atoms with Crippen molar-refractivity contribution in [1.29, 1.82) is 0 Å². The number of benzene rings is 2. The maximum absolute atomic E-state index is 13.1. The second-order valence-electron chi connectivity index (χ2n) is 8.30. The third-order valence-electron chi connectivity index (χ3n) is 5.89. The van der Waals surface area contributed by atoms with Crippen LogP contribution in [0.5, 0.6) is 11.5 Å². The molecule has 1 aliphatic heterocycles. The smallest absolute Gasteiger partial charge is 0.412 e. The molecular weight excluding hydrogens is 462 g/mol. The topological polar surface area (TPSA) is 138 Å². The predicted octanol–water partition coefficient (Wildman–Crippen LogP) is 2.65. The molecule has 2 heterocycles. The highest BCUT2D eigenvalue weighted by atomic mass is 35.5. The maximum Gasteiger partial charge on any atom is 0.412 e. The zero-order valence-corrected chi connectivity index (χ0v) is 19.3. The molecule has 0 spiro atoms. The van der Waals surface area contributed by atoms with Crippen molar-refractivity contribution in [2.75, 3.05) is 33.2 Å². The van der Waals surface area contributed by atoms with Crippen molar-refractivity contribution in [2.45, 2.75) is 18.4 Å². The van der Waals surface area contributed by atoms with Crippen molar-refractivity contribution in [3.05, 3.63) is 57.2 Å². The van der Waals surface area contributed by atoms with E-state index in [-0.39, 0.29) is 35.6 Å². The number of likely N-dealkylation sites (tertiary alicyclic amines) is 1. The van der Waals surface area contributed by atoms with Gasteiger partial charge >= 0.3 is 6.09 Å². The van der Waals surface area contributed by atoms with Crippen molar-refractivity contribution in [3.8, 4) is 22.8 Å². The monoisotopic (exact) mass is 487 g/mol. The summed E-state index contributed by atoms with van der Waals surface area (Å²) >= 11 is 6.33. The third kappa shape index (κ3) is 4.74. The SMILES string of the molecule is CN1CC[C@H](c2c(OC(=O)NCCN)cc(O)c3c(=O)cc(-c4ccccc4Cl)oc23)[C@H](O)C1. The Morgan fingerprint density at radius 1 is 1.35 bits per heavy atom. The summed E-state index contributed by atoms with van der Waals surface area (Å²) in [6, 6.07) is 9.34. The number of piperidine rings is 1. The van der Waals surface area contributed by atoms with Crippen LogP contribution in [-0.4, -0.2) is 60.5 Å². The molecule has 2 aromatic carbocycles. The second-order valence-corrected chi connectivity index (χ2v) is 8.70. The highest BCUT2D eigenvalue weighted by Crippen LogP contribution is 2.43. The summed E-state index contributed by atoms with van der Waals surface area (Å²) < 4.78 is 11.6. The molecule has 4 rings (SSSR count). The van der Waals surface area contributed by atoms with Crippen molar-refractivity contribution in [1.82, 2.24) is 10.2 Å². The second kappa shape index (κ2) is 10.0. The number of aliphatic hydroxyl groups excluding tert-OH is 1. The van der Waals surface area contributed by atoms with Gasteiger partial charge in [-0.2, -0.15) is 0 Å². The molecule has 10 heteroatoms. The fourth-order valence-corrected chi connectivity index (χ4v) is 4.51.